The fourth-order valence-corrected chi connectivity index (χ4v) is 3.33. The molecule has 3 rings (SSSR count). The van der Waals surface area contributed by atoms with Gasteiger partial charge in [0.15, 0.2) is 5.82 Å². The van der Waals surface area contributed by atoms with Crippen molar-refractivity contribution in [2.45, 2.75) is 26.4 Å². The van der Waals surface area contributed by atoms with Gasteiger partial charge >= 0.3 is 12.1 Å². The molecule has 0 unspecified atom stereocenters. The fourth-order valence-electron chi connectivity index (χ4n) is 3.33. The zero-order valence-corrected chi connectivity index (χ0v) is 21.1. The number of anilines is 3. The normalized spacial score (nSPS) is 11.1. The highest BCUT2D eigenvalue weighted by Gasteiger charge is 2.21. The molecule has 0 radical (unpaired) electrons. The van der Waals surface area contributed by atoms with E-state index in [1.54, 1.807) is 54.3 Å². The predicted octanol–water partition coefficient (Wildman–Crippen LogP) is 2.74. The zero-order chi connectivity index (χ0) is 26.8. The lowest BCUT2D eigenvalue weighted by Crippen LogP contribution is -2.27. The maximum Gasteiger partial charge on any atom is 0.412 e. The summed E-state index contributed by atoms with van der Waals surface area (Å²) in [6.45, 7) is 5.24. The van der Waals surface area contributed by atoms with E-state index in [1.165, 1.54) is 39.1 Å². The van der Waals surface area contributed by atoms with Crippen molar-refractivity contribution in [1.29, 1.82) is 0 Å². The van der Waals surface area contributed by atoms with Crippen LogP contribution in [0.15, 0.2) is 30.7 Å². The predicted molar refractivity (Wildman–Crippen MR) is 131 cm³/mol. The van der Waals surface area contributed by atoms with Crippen molar-refractivity contribution in [2.24, 2.45) is 21.1 Å². The number of carbonyl (C=O) groups is 4. The number of carbonyl (C=O) groups excluding carboxylic acids is 4. The average Bonchev–Trinajstić information content (AvgIpc) is 3.42. The van der Waals surface area contributed by atoms with Crippen molar-refractivity contribution in [3.63, 3.8) is 0 Å². The highest BCUT2D eigenvalue weighted by atomic mass is 16.6. The molecular weight excluding hydrogens is 470 g/mol. The summed E-state index contributed by atoms with van der Waals surface area (Å²) in [5.41, 5.74) is 0.616. The fraction of sp³-hybridized carbons (Fsp3) is 0.348. The minimum Gasteiger partial charge on any atom is -0.464 e. The van der Waals surface area contributed by atoms with Gasteiger partial charge in [-0.15, -0.1) is 0 Å². The van der Waals surface area contributed by atoms with Crippen LogP contribution in [0, 0.1) is 0 Å². The summed E-state index contributed by atoms with van der Waals surface area (Å²) in [4.78, 5) is 53.5. The van der Waals surface area contributed by atoms with E-state index in [9.17, 15) is 19.2 Å². The second-order valence-corrected chi connectivity index (χ2v) is 9.04. The first-order valence-corrected chi connectivity index (χ1v) is 10.8. The van der Waals surface area contributed by atoms with Gasteiger partial charge in [0.2, 0.25) is 5.82 Å². The van der Waals surface area contributed by atoms with Gasteiger partial charge in [-0.25, -0.2) is 14.6 Å². The second-order valence-electron chi connectivity index (χ2n) is 9.04. The molecule has 13 nitrogen and oxygen atoms in total. The van der Waals surface area contributed by atoms with Crippen LogP contribution in [-0.2, 0) is 30.6 Å². The highest BCUT2D eigenvalue weighted by molar-refractivity contribution is 6.05. The highest BCUT2D eigenvalue weighted by Crippen LogP contribution is 2.18. The Kier molecular flexibility index (Phi) is 7.22. The molecule has 0 atom stereocenters. The van der Waals surface area contributed by atoms with E-state index >= 15 is 0 Å². The molecule has 3 amide bonds. The molecular formula is C23H29N7O6. The third-order valence-electron chi connectivity index (χ3n) is 4.86. The van der Waals surface area contributed by atoms with Gasteiger partial charge in [0.25, 0.3) is 11.8 Å². The molecule has 0 saturated carbocycles. The van der Waals surface area contributed by atoms with Crippen LogP contribution in [-0.4, -0.2) is 55.3 Å². The van der Waals surface area contributed by atoms with Gasteiger partial charge in [-0.1, -0.05) is 0 Å². The number of esters is 1. The van der Waals surface area contributed by atoms with Crippen molar-refractivity contribution in [3.05, 3.63) is 47.9 Å². The first kappa shape index (κ1) is 26.1. The molecule has 192 valence electrons. The van der Waals surface area contributed by atoms with Crippen LogP contribution in [0.1, 0.15) is 52.4 Å². The lowest BCUT2D eigenvalue weighted by molar-refractivity contribution is 0.0587. The van der Waals surface area contributed by atoms with E-state index < -0.39 is 29.5 Å². The summed E-state index contributed by atoms with van der Waals surface area (Å²) in [5, 5.41) is 7.88. The number of hydrogen-bond acceptors (Lipinski definition) is 7. The maximum absolute atomic E-state index is 12.8. The summed E-state index contributed by atoms with van der Waals surface area (Å²) in [6, 6.07) is 2.97. The average molecular weight is 500 g/mol. The van der Waals surface area contributed by atoms with Gasteiger partial charge < -0.3 is 33.8 Å². The van der Waals surface area contributed by atoms with Crippen LogP contribution >= 0.6 is 0 Å². The second kappa shape index (κ2) is 9.98. The number of imidazole rings is 1. The Labute approximate surface area is 207 Å². The molecule has 0 fully saturated rings. The van der Waals surface area contributed by atoms with Crippen molar-refractivity contribution < 1.29 is 28.7 Å². The number of rotatable bonds is 6. The Morgan fingerprint density at radius 2 is 1.39 bits per heavy atom. The number of nitrogens with one attached hydrogen (secondary N) is 3. The SMILES string of the molecule is COC(=O)c1cc(NC(=O)c2nc(NC(=O)c3cc(NC(=O)OC(C)(C)C)cn3C)cn2C)cn1C. The van der Waals surface area contributed by atoms with Gasteiger partial charge in [0.05, 0.1) is 18.5 Å². The Morgan fingerprint density at radius 1 is 0.806 bits per heavy atom. The van der Waals surface area contributed by atoms with E-state index in [0.717, 1.165) is 0 Å². The summed E-state index contributed by atoms with van der Waals surface area (Å²) >= 11 is 0. The van der Waals surface area contributed by atoms with Crippen LogP contribution in [0.5, 0.6) is 0 Å². The number of aryl methyl sites for hydroxylation is 3. The number of aromatic nitrogens is 4. The standard InChI is InChI=1S/C23H29N7O6/c1-23(2,3)36-22(34)25-14-8-15(28(4)11-14)19(31)27-17-12-30(6)18(26-17)20(32)24-13-9-16(21(33)35-7)29(5)10-13/h8-12H,1-7H3,(H,24,32)(H,25,34)(H,27,31). The molecule has 0 bridgehead atoms. The van der Waals surface area contributed by atoms with Gasteiger partial charge in [-0.3, -0.25) is 14.9 Å². The Morgan fingerprint density at radius 3 is 2.00 bits per heavy atom. The van der Waals surface area contributed by atoms with Crippen LogP contribution in [0.2, 0.25) is 0 Å². The molecule has 0 saturated heterocycles. The number of amides is 3. The molecule has 0 aliphatic carbocycles. The number of nitrogens with zero attached hydrogens (tertiary/aromatic N) is 4. The van der Waals surface area contributed by atoms with Crippen LogP contribution in [0.3, 0.4) is 0 Å². The Bertz CT molecular complexity index is 1330. The summed E-state index contributed by atoms with van der Waals surface area (Å²) in [6.07, 6.45) is 3.98. The monoisotopic (exact) mass is 499 g/mol. The third-order valence-corrected chi connectivity index (χ3v) is 4.86. The first-order valence-electron chi connectivity index (χ1n) is 10.8. The van der Waals surface area contributed by atoms with Gasteiger partial charge in [-0.05, 0) is 32.9 Å². The van der Waals surface area contributed by atoms with Crippen LogP contribution in [0.25, 0.3) is 0 Å². The first-order chi connectivity index (χ1) is 16.8. The molecule has 3 N–H and O–H groups in total. The van der Waals surface area contributed by atoms with E-state index in [0.29, 0.717) is 11.4 Å². The van der Waals surface area contributed by atoms with Crippen molar-refractivity contribution in [1.82, 2.24) is 18.7 Å². The van der Waals surface area contributed by atoms with Crippen molar-refractivity contribution in [2.75, 3.05) is 23.1 Å². The molecule has 13 heteroatoms. The van der Waals surface area contributed by atoms with Crippen LogP contribution in [0.4, 0.5) is 22.0 Å². The Balaban J connectivity index is 1.68. The maximum atomic E-state index is 12.8. The van der Waals surface area contributed by atoms with Gasteiger partial charge in [-0.2, -0.15) is 0 Å². The van der Waals surface area contributed by atoms with Crippen molar-refractivity contribution in [3.8, 4) is 0 Å². The van der Waals surface area contributed by atoms with Crippen molar-refractivity contribution >= 4 is 41.1 Å². The molecule has 0 aliphatic rings. The lowest BCUT2D eigenvalue weighted by atomic mass is 10.2. The summed E-state index contributed by atoms with van der Waals surface area (Å²) in [7, 11) is 6.17. The quantitative estimate of drug-likeness (QED) is 0.441. The van der Waals surface area contributed by atoms with Crippen LogP contribution < -0.4 is 16.0 Å². The molecule has 3 aromatic heterocycles. The topological polar surface area (TPSA) is 151 Å². The minimum absolute atomic E-state index is 0.0351. The zero-order valence-electron chi connectivity index (χ0n) is 21.1. The van der Waals surface area contributed by atoms with Gasteiger partial charge in [0.1, 0.15) is 17.0 Å². The molecule has 0 aromatic carbocycles. The Hall–Kier alpha value is -4.55. The third kappa shape index (κ3) is 6.11. The van der Waals surface area contributed by atoms with E-state index in [1.807, 2.05) is 0 Å². The van der Waals surface area contributed by atoms with E-state index in [-0.39, 0.29) is 23.0 Å². The summed E-state index contributed by atoms with van der Waals surface area (Å²) < 4.78 is 14.4. The lowest BCUT2D eigenvalue weighted by Gasteiger charge is -2.19. The van der Waals surface area contributed by atoms with Gasteiger partial charge in [0, 0.05) is 39.7 Å². The molecule has 3 aromatic rings. The summed E-state index contributed by atoms with van der Waals surface area (Å²) in [5.74, 6) is -1.38. The smallest absolute Gasteiger partial charge is 0.412 e. The minimum atomic E-state index is -0.661. The molecule has 36 heavy (non-hydrogen) atoms. The van der Waals surface area contributed by atoms with E-state index in [4.69, 9.17) is 9.47 Å². The molecule has 3 heterocycles. The number of hydrogen-bond donors (Lipinski definition) is 3. The molecule has 0 spiro atoms. The largest absolute Gasteiger partial charge is 0.464 e. The number of ether oxygens (including phenoxy) is 2. The van der Waals surface area contributed by atoms with E-state index in [2.05, 4.69) is 20.9 Å². The number of methoxy groups -OCH3 is 1. The molecule has 0 aliphatic heterocycles.